The molecular formula is C23H30N2O2. The largest absolute Gasteiger partial charge is 0.497 e. The summed E-state index contributed by atoms with van der Waals surface area (Å²) in [6.45, 7) is 5.18. The molecule has 3 fully saturated rings. The molecule has 1 aromatic carbocycles. The molecule has 1 N–H and O–H groups in total. The predicted molar refractivity (Wildman–Crippen MR) is 107 cm³/mol. The lowest BCUT2D eigenvalue weighted by Crippen LogP contribution is -2.61. The van der Waals surface area contributed by atoms with Crippen molar-refractivity contribution in [2.45, 2.75) is 64.0 Å². The highest BCUT2D eigenvalue weighted by atomic mass is 16.5. The fourth-order valence-corrected chi connectivity index (χ4v) is 6.52. The van der Waals surface area contributed by atoms with Crippen molar-refractivity contribution in [3.05, 3.63) is 29.5 Å². The maximum atomic E-state index is 12.0. The third kappa shape index (κ3) is 2.56. The van der Waals surface area contributed by atoms with Crippen molar-refractivity contribution in [2.24, 2.45) is 11.8 Å². The van der Waals surface area contributed by atoms with Gasteiger partial charge in [-0.05, 0) is 61.8 Å². The number of carbonyl (C=O) groups excluding carboxylic acids is 1. The molecule has 27 heavy (non-hydrogen) atoms. The van der Waals surface area contributed by atoms with Gasteiger partial charge in [0.1, 0.15) is 11.5 Å². The smallest absolute Gasteiger partial charge is 0.131 e. The molecule has 3 aliphatic heterocycles. The van der Waals surface area contributed by atoms with E-state index in [4.69, 9.17) is 4.74 Å². The number of nitrogens with one attached hydrogen (secondary N) is 1. The van der Waals surface area contributed by atoms with Gasteiger partial charge in [-0.25, -0.2) is 0 Å². The number of piperidine rings is 2. The van der Waals surface area contributed by atoms with E-state index in [1.807, 2.05) is 0 Å². The summed E-state index contributed by atoms with van der Waals surface area (Å²) in [5, 5.41) is 1.32. The summed E-state index contributed by atoms with van der Waals surface area (Å²) in [5.74, 6) is 3.26. The molecule has 4 bridgehead atoms. The molecule has 4 nitrogen and oxygen atoms in total. The fourth-order valence-electron chi connectivity index (χ4n) is 6.52. The van der Waals surface area contributed by atoms with Crippen molar-refractivity contribution in [2.75, 3.05) is 13.7 Å². The number of nitrogens with zero attached hydrogens (tertiary/aromatic N) is 1. The molecule has 4 heterocycles. The highest BCUT2D eigenvalue weighted by Gasteiger charge is 2.53. The van der Waals surface area contributed by atoms with Crippen molar-refractivity contribution in [1.82, 2.24) is 9.88 Å². The fraction of sp³-hybridized carbons (Fsp3) is 0.609. The number of rotatable bonds is 4. The molecule has 6 atom stereocenters. The molecule has 6 rings (SSSR count). The lowest BCUT2D eigenvalue weighted by molar-refractivity contribution is -0.123. The quantitative estimate of drug-likeness (QED) is 0.878. The number of aromatic nitrogens is 1. The van der Waals surface area contributed by atoms with E-state index in [0.717, 1.165) is 31.1 Å². The summed E-state index contributed by atoms with van der Waals surface area (Å²) < 4.78 is 5.48. The Morgan fingerprint density at radius 2 is 2.19 bits per heavy atom. The number of aromatic amines is 1. The molecular weight excluding hydrogens is 336 g/mol. The van der Waals surface area contributed by atoms with Crippen molar-refractivity contribution in [1.29, 1.82) is 0 Å². The minimum atomic E-state index is 0.343. The van der Waals surface area contributed by atoms with Gasteiger partial charge in [0.05, 0.1) is 7.11 Å². The minimum absolute atomic E-state index is 0.343. The maximum absolute atomic E-state index is 12.0. The first-order valence-corrected chi connectivity index (χ1v) is 10.5. The van der Waals surface area contributed by atoms with Gasteiger partial charge in [0.2, 0.25) is 0 Å². The zero-order valence-corrected chi connectivity index (χ0v) is 16.6. The Morgan fingerprint density at radius 1 is 1.33 bits per heavy atom. The Kier molecular flexibility index (Phi) is 4.08. The van der Waals surface area contributed by atoms with E-state index in [0.29, 0.717) is 29.7 Å². The molecule has 1 aromatic heterocycles. The first kappa shape index (κ1) is 17.3. The van der Waals surface area contributed by atoms with Crippen molar-refractivity contribution < 1.29 is 9.53 Å². The number of ketones is 1. The van der Waals surface area contributed by atoms with Gasteiger partial charge in [-0.15, -0.1) is 0 Å². The van der Waals surface area contributed by atoms with Crippen LogP contribution >= 0.6 is 0 Å². The summed E-state index contributed by atoms with van der Waals surface area (Å²) in [7, 11) is 1.74. The second-order valence-corrected chi connectivity index (χ2v) is 8.89. The van der Waals surface area contributed by atoms with Crippen LogP contribution in [0.5, 0.6) is 5.75 Å². The van der Waals surface area contributed by atoms with Gasteiger partial charge in [-0.3, -0.25) is 9.69 Å². The summed E-state index contributed by atoms with van der Waals surface area (Å²) in [5.41, 5.74) is 4.19. The topological polar surface area (TPSA) is 45.3 Å². The van der Waals surface area contributed by atoms with Gasteiger partial charge in [-0.1, -0.05) is 13.3 Å². The van der Waals surface area contributed by atoms with Crippen LogP contribution in [0.2, 0.25) is 0 Å². The number of carbonyl (C=O) groups is 1. The van der Waals surface area contributed by atoms with Crippen LogP contribution in [-0.4, -0.2) is 41.4 Å². The molecule has 0 amide bonds. The second kappa shape index (κ2) is 6.37. The standard InChI is InChI=1S/C23H30N2O2/c1-4-14-10-15-11-19-22-17(18-12-16(27-3)5-6-20(18)24-22)7-8-25(23(14)19)21(15)9-13(2)26/h5-6,12,14-15,19,21,23-24H,4,7-11H2,1-3H3/t14-,15+,19-,21+,23-/m0/s1. The molecule has 4 aliphatic rings. The highest BCUT2D eigenvalue weighted by Crippen LogP contribution is 2.54. The van der Waals surface area contributed by atoms with Crippen LogP contribution in [0.25, 0.3) is 10.9 Å². The maximum Gasteiger partial charge on any atom is 0.131 e. The first-order valence-electron chi connectivity index (χ1n) is 10.5. The Morgan fingerprint density at radius 3 is 2.93 bits per heavy atom. The summed E-state index contributed by atoms with van der Waals surface area (Å²) in [6, 6.07) is 7.45. The average molecular weight is 367 g/mol. The number of Topliss-reactive ketones (excluding diaryl/α,β-unsaturated/α-hetero) is 1. The van der Waals surface area contributed by atoms with Gasteiger partial charge >= 0.3 is 0 Å². The molecule has 2 aromatic rings. The Balaban J connectivity index is 1.61. The van der Waals surface area contributed by atoms with Crippen LogP contribution in [0.3, 0.4) is 0 Å². The molecule has 1 unspecified atom stereocenters. The van der Waals surface area contributed by atoms with Crippen LogP contribution in [0.1, 0.15) is 56.7 Å². The van der Waals surface area contributed by atoms with Crippen LogP contribution in [0.4, 0.5) is 0 Å². The lowest BCUT2D eigenvalue weighted by atomic mass is 9.62. The van der Waals surface area contributed by atoms with E-state index in [1.54, 1.807) is 14.0 Å². The number of hydrogen-bond donors (Lipinski definition) is 1. The number of methoxy groups -OCH3 is 1. The van der Waals surface area contributed by atoms with Gasteiger partial charge in [0, 0.05) is 47.6 Å². The summed E-state index contributed by atoms with van der Waals surface area (Å²) in [4.78, 5) is 18.5. The SMILES string of the molecule is CC[C@H]1C[C@@H]2C[C@H]3c4[nH]c5ccc(OC)cc5c4CCN([C@@H]13)[C@@H]2CC(C)=O. The number of hydrogen-bond acceptors (Lipinski definition) is 3. The number of H-pyrrole nitrogens is 1. The summed E-state index contributed by atoms with van der Waals surface area (Å²) >= 11 is 0. The van der Waals surface area contributed by atoms with Crippen LogP contribution in [0.15, 0.2) is 18.2 Å². The number of benzene rings is 1. The van der Waals surface area contributed by atoms with Crippen molar-refractivity contribution in [3.63, 3.8) is 0 Å². The summed E-state index contributed by atoms with van der Waals surface area (Å²) in [6.07, 6.45) is 5.56. The third-order valence-corrected chi connectivity index (χ3v) is 7.57. The number of ether oxygens (including phenoxy) is 1. The normalized spacial score (nSPS) is 34.3. The zero-order chi connectivity index (χ0) is 18.7. The lowest BCUT2D eigenvalue weighted by Gasteiger charge is -2.57. The Bertz CT molecular complexity index is 886. The van der Waals surface area contributed by atoms with Crippen LogP contribution < -0.4 is 4.74 Å². The Labute approximate surface area is 161 Å². The molecule has 1 aliphatic carbocycles. The van der Waals surface area contributed by atoms with Crippen LogP contribution in [-0.2, 0) is 11.2 Å². The first-order chi connectivity index (χ1) is 13.1. The monoisotopic (exact) mass is 366 g/mol. The molecule has 1 saturated carbocycles. The van der Waals surface area contributed by atoms with Crippen molar-refractivity contribution in [3.8, 4) is 5.75 Å². The average Bonchev–Trinajstić information content (AvgIpc) is 2.97. The van der Waals surface area contributed by atoms with Gasteiger partial charge in [-0.2, -0.15) is 0 Å². The minimum Gasteiger partial charge on any atom is -0.497 e. The third-order valence-electron chi connectivity index (χ3n) is 7.57. The molecule has 0 spiro atoms. The predicted octanol–water partition coefficient (Wildman–Crippen LogP) is 4.28. The Hall–Kier alpha value is -1.81. The van der Waals surface area contributed by atoms with Gasteiger partial charge < -0.3 is 9.72 Å². The number of fused-ring (bicyclic) bond motifs is 4. The van der Waals surface area contributed by atoms with E-state index in [1.165, 1.54) is 41.4 Å². The second-order valence-electron chi connectivity index (χ2n) is 8.89. The molecule has 0 radical (unpaired) electrons. The van der Waals surface area contributed by atoms with E-state index >= 15 is 0 Å². The van der Waals surface area contributed by atoms with Gasteiger partial charge in [0.25, 0.3) is 0 Å². The molecule has 144 valence electrons. The molecule has 2 saturated heterocycles. The van der Waals surface area contributed by atoms with Gasteiger partial charge in [0.15, 0.2) is 0 Å². The van der Waals surface area contributed by atoms with Crippen molar-refractivity contribution >= 4 is 16.7 Å². The van der Waals surface area contributed by atoms with E-state index in [-0.39, 0.29) is 0 Å². The van der Waals surface area contributed by atoms with E-state index in [2.05, 4.69) is 35.0 Å². The zero-order valence-electron chi connectivity index (χ0n) is 16.6. The van der Waals surface area contributed by atoms with Crippen LogP contribution in [0, 0.1) is 11.8 Å². The van der Waals surface area contributed by atoms with E-state index < -0.39 is 0 Å². The highest BCUT2D eigenvalue weighted by molar-refractivity contribution is 5.86. The molecule has 4 heteroatoms. The van der Waals surface area contributed by atoms with E-state index in [9.17, 15) is 4.79 Å².